The average Bonchev–Trinajstić information content (AvgIpc) is 2.46. The highest BCUT2D eigenvalue weighted by atomic mass is 16.5. The topological polar surface area (TPSA) is 76.9 Å². The molecule has 2 saturated heterocycles. The number of likely N-dealkylation sites (tertiary alicyclic amines) is 1. The molecule has 2 heterocycles. The predicted octanol–water partition coefficient (Wildman–Crippen LogP) is 0.459. The van der Waals surface area contributed by atoms with Crippen LogP contribution in [0.2, 0.25) is 0 Å². The highest BCUT2D eigenvalue weighted by molar-refractivity contribution is 5.77. The van der Waals surface area contributed by atoms with Gasteiger partial charge in [-0.25, -0.2) is 0 Å². The van der Waals surface area contributed by atoms with Crippen molar-refractivity contribution in [1.82, 2.24) is 4.90 Å². The smallest absolute Gasteiger partial charge is 0.0653 e. The summed E-state index contributed by atoms with van der Waals surface area (Å²) in [6.45, 7) is 4.11. The standard InChI is InChI=1S/C13H24N4O/c14-9-11(15)10-16-12-1-5-17(6-2-12)13-3-7-18-8-4-13/h9-10,12-13H,1-8,14-15H2/b11-9+,16-10?. The number of hydrogen-bond donors (Lipinski definition) is 2. The molecule has 2 fully saturated rings. The van der Waals surface area contributed by atoms with E-state index in [9.17, 15) is 0 Å². The summed E-state index contributed by atoms with van der Waals surface area (Å²) in [5.74, 6) is 0. The van der Waals surface area contributed by atoms with Crippen molar-refractivity contribution >= 4 is 6.21 Å². The third-order valence-corrected chi connectivity index (χ3v) is 3.83. The normalized spacial score (nSPS) is 25.9. The Kier molecular flexibility index (Phi) is 5.01. The van der Waals surface area contributed by atoms with E-state index in [4.69, 9.17) is 16.2 Å². The first-order valence-corrected chi connectivity index (χ1v) is 6.82. The van der Waals surface area contributed by atoms with Crippen molar-refractivity contribution in [3.8, 4) is 0 Å². The van der Waals surface area contributed by atoms with Crippen molar-refractivity contribution in [3.05, 3.63) is 11.9 Å². The fourth-order valence-electron chi connectivity index (χ4n) is 2.68. The number of piperidine rings is 1. The van der Waals surface area contributed by atoms with Crippen LogP contribution in [0, 0.1) is 0 Å². The Morgan fingerprint density at radius 2 is 1.83 bits per heavy atom. The zero-order valence-corrected chi connectivity index (χ0v) is 10.9. The van der Waals surface area contributed by atoms with Gasteiger partial charge in [0.05, 0.1) is 11.7 Å². The molecule has 0 aliphatic carbocycles. The molecule has 0 radical (unpaired) electrons. The number of rotatable bonds is 3. The number of nitrogens with two attached hydrogens (primary N) is 2. The van der Waals surface area contributed by atoms with Crippen LogP contribution in [-0.2, 0) is 4.74 Å². The maximum atomic E-state index is 5.60. The maximum Gasteiger partial charge on any atom is 0.0653 e. The maximum absolute atomic E-state index is 5.60. The van der Waals surface area contributed by atoms with Gasteiger partial charge in [0.25, 0.3) is 0 Å². The van der Waals surface area contributed by atoms with Gasteiger partial charge in [0.15, 0.2) is 0 Å². The number of nitrogens with zero attached hydrogens (tertiary/aromatic N) is 2. The lowest BCUT2D eigenvalue weighted by molar-refractivity contribution is 0.0256. The van der Waals surface area contributed by atoms with E-state index in [0.717, 1.165) is 45.2 Å². The second kappa shape index (κ2) is 6.75. The van der Waals surface area contributed by atoms with E-state index >= 15 is 0 Å². The second-order valence-electron chi connectivity index (χ2n) is 5.06. The summed E-state index contributed by atoms with van der Waals surface area (Å²) in [6.07, 6.45) is 7.67. The van der Waals surface area contributed by atoms with Crippen LogP contribution in [0.3, 0.4) is 0 Å². The van der Waals surface area contributed by atoms with E-state index in [-0.39, 0.29) is 0 Å². The van der Waals surface area contributed by atoms with Crippen molar-refractivity contribution in [2.45, 2.75) is 37.8 Å². The van der Waals surface area contributed by atoms with Gasteiger partial charge in [-0.2, -0.15) is 0 Å². The first kappa shape index (κ1) is 13.4. The molecule has 102 valence electrons. The summed E-state index contributed by atoms with van der Waals surface area (Å²) >= 11 is 0. The van der Waals surface area contributed by atoms with Crippen LogP contribution < -0.4 is 11.5 Å². The summed E-state index contributed by atoms with van der Waals surface area (Å²) in [5.41, 5.74) is 11.4. The first-order chi connectivity index (χ1) is 8.79. The second-order valence-corrected chi connectivity index (χ2v) is 5.06. The third-order valence-electron chi connectivity index (χ3n) is 3.83. The molecule has 0 atom stereocenters. The lowest BCUT2D eigenvalue weighted by atomic mass is 10.00. The fourth-order valence-corrected chi connectivity index (χ4v) is 2.68. The van der Waals surface area contributed by atoms with E-state index < -0.39 is 0 Å². The summed E-state index contributed by atoms with van der Waals surface area (Å²) < 4.78 is 5.41. The molecule has 0 spiro atoms. The van der Waals surface area contributed by atoms with E-state index in [0.29, 0.717) is 11.7 Å². The largest absolute Gasteiger partial charge is 0.403 e. The molecule has 0 unspecified atom stereocenters. The van der Waals surface area contributed by atoms with Gasteiger partial charge < -0.3 is 21.1 Å². The quantitative estimate of drug-likeness (QED) is 0.715. The molecule has 0 aromatic heterocycles. The van der Waals surface area contributed by atoms with Gasteiger partial charge in [-0.15, -0.1) is 0 Å². The number of hydrogen-bond acceptors (Lipinski definition) is 5. The molecule has 5 nitrogen and oxygen atoms in total. The molecule has 5 heteroatoms. The van der Waals surface area contributed by atoms with E-state index in [1.807, 2.05) is 0 Å². The predicted molar refractivity (Wildman–Crippen MR) is 73.4 cm³/mol. The Hall–Kier alpha value is -1.07. The third kappa shape index (κ3) is 3.71. The molecule has 2 aliphatic heterocycles. The van der Waals surface area contributed by atoms with Crippen LogP contribution in [0.15, 0.2) is 16.9 Å². The highest BCUT2D eigenvalue weighted by Crippen LogP contribution is 2.21. The van der Waals surface area contributed by atoms with Gasteiger partial charge in [0.1, 0.15) is 0 Å². The molecule has 2 rings (SSSR count). The van der Waals surface area contributed by atoms with E-state index in [1.54, 1.807) is 6.21 Å². The van der Waals surface area contributed by atoms with Crippen molar-refractivity contribution in [2.75, 3.05) is 26.3 Å². The van der Waals surface area contributed by atoms with Crippen molar-refractivity contribution in [1.29, 1.82) is 0 Å². The average molecular weight is 252 g/mol. The van der Waals surface area contributed by atoms with Gasteiger partial charge in [0.2, 0.25) is 0 Å². The summed E-state index contributed by atoms with van der Waals surface area (Å²) in [4.78, 5) is 7.08. The SMILES string of the molecule is N/C=C(/N)C=NC1CCN(C2CCOCC2)CC1. The van der Waals surface area contributed by atoms with Crippen LogP contribution in [0.5, 0.6) is 0 Å². The van der Waals surface area contributed by atoms with Gasteiger partial charge in [0, 0.05) is 44.8 Å². The summed E-state index contributed by atoms with van der Waals surface area (Å²) in [5, 5.41) is 0. The number of ether oxygens (including phenoxy) is 1. The van der Waals surface area contributed by atoms with Gasteiger partial charge >= 0.3 is 0 Å². The van der Waals surface area contributed by atoms with E-state index in [2.05, 4.69) is 9.89 Å². The Labute approximate surface area is 109 Å². The molecule has 0 saturated carbocycles. The van der Waals surface area contributed by atoms with Crippen LogP contribution in [0.1, 0.15) is 25.7 Å². The lowest BCUT2D eigenvalue weighted by Gasteiger charge is -2.38. The van der Waals surface area contributed by atoms with Crippen molar-refractivity contribution < 1.29 is 4.74 Å². The molecule has 0 bridgehead atoms. The highest BCUT2D eigenvalue weighted by Gasteiger charge is 2.25. The first-order valence-electron chi connectivity index (χ1n) is 6.82. The molecule has 4 N–H and O–H groups in total. The van der Waals surface area contributed by atoms with Gasteiger partial charge in [-0.05, 0) is 25.7 Å². The van der Waals surface area contributed by atoms with Gasteiger partial charge in [-0.3, -0.25) is 4.99 Å². The molecule has 18 heavy (non-hydrogen) atoms. The molecule has 0 aromatic rings. The fraction of sp³-hybridized carbons (Fsp3) is 0.769. The lowest BCUT2D eigenvalue weighted by Crippen LogP contribution is -2.44. The zero-order valence-electron chi connectivity index (χ0n) is 10.9. The van der Waals surface area contributed by atoms with E-state index in [1.165, 1.54) is 19.0 Å². The monoisotopic (exact) mass is 252 g/mol. The number of aliphatic imine (C=N–C) groups is 1. The van der Waals surface area contributed by atoms with Crippen LogP contribution in [-0.4, -0.2) is 49.5 Å². The Morgan fingerprint density at radius 3 is 2.44 bits per heavy atom. The van der Waals surface area contributed by atoms with Crippen molar-refractivity contribution in [3.63, 3.8) is 0 Å². The summed E-state index contributed by atoms with van der Waals surface area (Å²) in [6, 6.07) is 1.12. The molecular formula is C13H24N4O. The van der Waals surface area contributed by atoms with Crippen LogP contribution in [0.25, 0.3) is 0 Å². The molecule has 0 amide bonds. The van der Waals surface area contributed by atoms with Crippen LogP contribution in [0.4, 0.5) is 0 Å². The molecular weight excluding hydrogens is 228 g/mol. The number of allylic oxidation sites excluding steroid dienone is 1. The van der Waals surface area contributed by atoms with Gasteiger partial charge in [-0.1, -0.05) is 0 Å². The zero-order chi connectivity index (χ0) is 12.8. The minimum atomic E-state index is 0.402. The minimum absolute atomic E-state index is 0.402. The molecule has 0 aromatic carbocycles. The van der Waals surface area contributed by atoms with Crippen molar-refractivity contribution in [2.24, 2.45) is 16.5 Å². The minimum Gasteiger partial charge on any atom is -0.403 e. The Balaban J connectivity index is 1.75. The molecule has 2 aliphatic rings. The Morgan fingerprint density at radius 1 is 1.17 bits per heavy atom. The summed E-state index contributed by atoms with van der Waals surface area (Å²) in [7, 11) is 0. The van der Waals surface area contributed by atoms with Crippen LogP contribution >= 0.6 is 0 Å². The Bertz CT molecular complexity index is 302.